The second-order valence-electron chi connectivity index (χ2n) is 12.1. The molecule has 1 aromatic carbocycles. The highest BCUT2D eigenvalue weighted by Gasteiger charge is 2.41. The third-order valence-corrected chi connectivity index (χ3v) is 9.23. The van der Waals surface area contributed by atoms with Crippen molar-refractivity contribution in [1.82, 2.24) is 10.3 Å². The Hall–Kier alpha value is -3.42. The molecule has 8 nitrogen and oxygen atoms in total. The number of hydrogen-bond acceptors (Lipinski definition) is 6. The lowest BCUT2D eigenvalue weighted by Gasteiger charge is -2.38. The van der Waals surface area contributed by atoms with Crippen LogP contribution >= 0.6 is 0 Å². The Labute approximate surface area is 230 Å². The van der Waals surface area contributed by atoms with Gasteiger partial charge >= 0.3 is 0 Å². The van der Waals surface area contributed by atoms with Crippen LogP contribution in [0, 0.1) is 18.8 Å². The van der Waals surface area contributed by atoms with E-state index in [0.717, 1.165) is 69.3 Å². The van der Waals surface area contributed by atoms with E-state index in [2.05, 4.69) is 20.5 Å². The number of anilines is 2. The molecule has 3 saturated carbocycles. The highest BCUT2D eigenvalue weighted by Crippen LogP contribution is 2.39. The number of hydrogen-bond donors (Lipinski definition) is 3. The summed E-state index contributed by atoms with van der Waals surface area (Å²) in [6, 6.07) is 8.17. The normalized spacial score (nSPS) is 24.8. The van der Waals surface area contributed by atoms with E-state index in [9.17, 15) is 14.4 Å². The van der Waals surface area contributed by atoms with Gasteiger partial charge in [-0.3, -0.25) is 14.4 Å². The maximum Gasteiger partial charge on any atom is 0.251 e. The maximum atomic E-state index is 13.5. The number of rotatable bonds is 8. The topological polar surface area (TPSA) is 117 Å². The van der Waals surface area contributed by atoms with Gasteiger partial charge in [-0.05, 0) is 94.0 Å². The summed E-state index contributed by atoms with van der Waals surface area (Å²) in [6.45, 7) is 2.80. The van der Waals surface area contributed by atoms with Gasteiger partial charge in [0.15, 0.2) is 5.78 Å². The molecule has 3 atom stereocenters. The summed E-state index contributed by atoms with van der Waals surface area (Å²) in [5, 5.41) is 6.78. The monoisotopic (exact) mass is 529 g/mol. The molecule has 1 aromatic heterocycles. The quantitative estimate of drug-likeness (QED) is 0.430. The molecule has 3 aliphatic carbocycles. The summed E-state index contributed by atoms with van der Waals surface area (Å²) in [7, 11) is 0. The third kappa shape index (κ3) is 5.38. The molecule has 0 radical (unpaired) electrons. The van der Waals surface area contributed by atoms with Crippen LogP contribution in [0.3, 0.4) is 0 Å². The predicted octanol–water partition coefficient (Wildman–Crippen LogP) is 4.61. The number of nitrogens with two attached hydrogens (primary N) is 1. The molecule has 4 N–H and O–H groups in total. The summed E-state index contributed by atoms with van der Waals surface area (Å²) in [5.41, 5.74) is 8.83. The van der Waals surface area contributed by atoms with E-state index in [4.69, 9.17) is 5.73 Å². The van der Waals surface area contributed by atoms with Crippen molar-refractivity contribution in [1.29, 1.82) is 0 Å². The van der Waals surface area contributed by atoms with Crippen molar-refractivity contribution in [2.75, 3.05) is 16.8 Å². The summed E-state index contributed by atoms with van der Waals surface area (Å²) in [6.07, 6.45) is 12.2. The molecule has 4 fully saturated rings. The zero-order valence-electron chi connectivity index (χ0n) is 22.7. The van der Waals surface area contributed by atoms with E-state index in [1.165, 1.54) is 12.8 Å². The number of amides is 2. The maximum absolute atomic E-state index is 13.5. The number of benzene rings is 1. The second-order valence-corrected chi connectivity index (χ2v) is 12.1. The highest BCUT2D eigenvalue weighted by molar-refractivity contribution is 6.03. The van der Waals surface area contributed by atoms with Gasteiger partial charge in [0.25, 0.3) is 11.8 Å². The van der Waals surface area contributed by atoms with E-state index < -0.39 is 5.91 Å². The van der Waals surface area contributed by atoms with Crippen molar-refractivity contribution in [3.8, 4) is 0 Å². The van der Waals surface area contributed by atoms with E-state index in [1.54, 1.807) is 12.3 Å². The summed E-state index contributed by atoms with van der Waals surface area (Å²) in [4.78, 5) is 45.1. The number of carbonyl (C=O) groups is 3. The molecule has 6 rings (SSSR count). The van der Waals surface area contributed by atoms with Gasteiger partial charge in [0.2, 0.25) is 0 Å². The van der Waals surface area contributed by atoms with Crippen LogP contribution in [0.1, 0.15) is 101 Å². The number of nitrogens with zero attached hydrogens (tertiary/aromatic N) is 2. The van der Waals surface area contributed by atoms with Crippen molar-refractivity contribution in [2.45, 2.75) is 89.3 Å². The van der Waals surface area contributed by atoms with E-state index >= 15 is 0 Å². The molecule has 2 amide bonds. The van der Waals surface area contributed by atoms with E-state index in [0.29, 0.717) is 40.4 Å². The molecular weight excluding hydrogens is 490 g/mol. The number of Topliss-reactive ketones (excluding diaryl/α,β-unsaturated/α-hetero) is 1. The minimum atomic E-state index is -0.482. The van der Waals surface area contributed by atoms with Gasteiger partial charge in [-0.2, -0.15) is 0 Å². The van der Waals surface area contributed by atoms with Crippen LogP contribution in [-0.4, -0.2) is 47.3 Å². The summed E-state index contributed by atoms with van der Waals surface area (Å²) in [5.74, 6) is 1.25. The molecule has 2 heterocycles. The second kappa shape index (κ2) is 10.6. The van der Waals surface area contributed by atoms with Crippen molar-refractivity contribution in [2.24, 2.45) is 17.6 Å². The first-order valence-electron chi connectivity index (χ1n) is 14.7. The minimum absolute atomic E-state index is 0.0743. The lowest BCUT2D eigenvalue weighted by molar-refractivity contribution is 0.0933. The Morgan fingerprint density at radius 2 is 1.74 bits per heavy atom. The first kappa shape index (κ1) is 25.8. The molecule has 206 valence electrons. The van der Waals surface area contributed by atoms with Crippen molar-refractivity contribution in [3.05, 3.63) is 52.7 Å². The Bertz CT molecular complexity index is 1270. The highest BCUT2D eigenvalue weighted by atomic mass is 16.2. The molecule has 8 heteroatoms. The molecule has 3 unspecified atom stereocenters. The number of ketones is 1. The smallest absolute Gasteiger partial charge is 0.251 e. The number of pyridine rings is 1. The minimum Gasteiger partial charge on any atom is -0.382 e. The average Bonchev–Trinajstić information content (AvgIpc) is 3.50. The number of primary amides is 1. The molecule has 1 saturated heterocycles. The van der Waals surface area contributed by atoms with Gasteiger partial charge in [-0.1, -0.05) is 12.8 Å². The number of aromatic nitrogens is 1. The Kier molecular flexibility index (Phi) is 7.04. The molecule has 1 aliphatic heterocycles. The average molecular weight is 530 g/mol. The zero-order chi connectivity index (χ0) is 27.1. The first-order chi connectivity index (χ1) is 18.9. The zero-order valence-corrected chi connectivity index (χ0v) is 22.7. The van der Waals surface area contributed by atoms with E-state index in [1.807, 2.05) is 25.1 Å². The van der Waals surface area contributed by atoms with Gasteiger partial charge < -0.3 is 21.3 Å². The molecule has 4 aliphatic rings. The van der Waals surface area contributed by atoms with Crippen LogP contribution in [0.25, 0.3) is 0 Å². The SMILES string of the molecule is Cc1cc(C(N)=O)c(NC2CCCC2)cc1C(=O)NC1CC2CCCN(c3ccc(C(=O)C4CC4)cn3)C2C1. The van der Waals surface area contributed by atoms with Crippen LogP contribution < -0.4 is 21.3 Å². The first-order valence-corrected chi connectivity index (χ1v) is 14.7. The van der Waals surface area contributed by atoms with Gasteiger partial charge in [0, 0.05) is 53.6 Å². The van der Waals surface area contributed by atoms with Crippen LogP contribution in [0.5, 0.6) is 0 Å². The number of fused-ring (bicyclic) bond motifs is 1. The largest absolute Gasteiger partial charge is 0.382 e. The fourth-order valence-electron chi connectivity index (χ4n) is 7.00. The summed E-state index contributed by atoms with van der Waals surface area (Å²) < 4.78 is 0. The van der Waals surface area contributed by atoms with Gasteiger partial charge in [-0.15, -0.1) is 0 Å². The molecular formula is C31H39N5O3. The molecule has 0 bridgehead atoms. The van der Waals surface area contributed by atoms with Gasteiger partial charge in [-0.25, -0.2) is 4.98 Å². The fraction of sp³-hybridized carbons (Fsp3) is 0.548. The lowest BCUT2D eigenvalue weighted by Crippen LogP contribution is -2.43. The standard InChI is InChI=1S/C31H39N5O3/c1-18-13-25(30(32)38)26(34-22-6-2-3-7-22)16-24(18)31(39)35-23-14-20-5-4-12-36(27(20)15-23)28-11-10-21(17-33-28)29(37)19-8-9-19/h10-11,13,16-17,19-20,22-23,27,34H,2-9,12,14-15H2,1H3,(H2,32,38)(H,35,39). The van der Waals surface area contributed by atoms with Crippen LogP contribution in [0.2, 0.25) is 0 Å². The van der Waals surface area contributed by atoms with Crippen molar-refractivity contribution >= 4 is 29.1 Å². The Morgan fingerprint density at radius 3 is 2.44 bits per heavy atom. The number of piperidine rings is 1. The van der Waals surface area contributed by atoms with Crippen LogP contribution in [-0.2, 0) is 0 Å². The number of nitrogens with one attached hydrogen (secondary N) is 2. The fourth-order valence-corrected chi connectivity index (χ4v) is 7.00. The lowest BCUT2D eigenvalue weighted by atomic mass is 9.92. The third-order valence-electron chi connectivity index (χ3n) is 9.23. The molecule has 0 spiro atoms. The van der Waals surface area contributed by atoms with Crippen LogP contribution in [0.15, 0.2) is 30.5 Å². The molecule has 2 aromatic rings. The summed E-state index contributed by atoms with van der Waals surface area (Å²) >= 11 is 0. The number of carbonyl (C=O) groups excluding carboxylic acids is 3. The predicted molar refractivity (Wildman–Crippen MR) is 151 cm³/mol. The number of aryl methyl sites for hydroxylation is 1. The Morgan fingerprint density at radius 1 is 0.949 bits per heavy atom. The van der Waals surface area contributed by atoms with Crippen molar-refractivity contribution in [3.63, 3.8) is 0 Å². The van der Waals surface area contributed by atoms with Crippen LogP contribution in [0.4, 0.5) is 11.5 Å². The Balaban J connectivity index is 1.15. The van der Waals surface area contributed by atoms with Gasteiger partial charge in [0.1, 0.15) is 5.82 Å². The van der Waals surface area contributed by atoms with Crippen molar-refractivity contribution < 1.29 is 14.4 Å². The van der Waals surface area contributed by atoms with E-state index in [-0.39, 0.29) is 23.7 Å². The van der Waals surface area contributed by atoms with Gasteiger partial charge in [0.05, 0.1) is 5.56 Å². The molecule has 39 heavy (non-hydrogen) atoms.